The Morgan fingerprint density at radius 1 is 1.04 bits per heavy atom. The molecule has 25 heavy (non-hydrogen) atoms. The fourth-order valence-corrected chi connectivity index (χ4v) is 2.40. The Morgan fingerprint density at radius 3 is 2.60 bits per heavy atom. The summed E-state index contributed by atoms with van der Waals surface area (Å²) in [6.45, 7) is 4.93. The third kappa shape index (κ3) is 4.76. The standard InChI is InChI=1S/C20H23N5/c1-3-15(2)23-19-12-18(17-9-5-4-6-10-17)24-20(25-19)22-14-16-8-7-11-21-13-16/h4-13,15H,3,14H2,1-2H3,(H2,22,23,24,25). The summed E-state index contributed by atoms with van der Waals surface area (Å²) < 4.78 is 0. The quantitative estimate of drug-likeness (QED) is 0.672. The van der Waals surface area contributed by atoms with Crippen LogP contribution >= 0.6 is 0 Å². The Balaban J connectivity index is 1.86. The van der Waals surface area contributed by atoms with Gasteiger partial charge in [-0.05, 0) is 25.0 Å². The summed E-state index contributed by atoms with van der Waals surface area (Å²) in [7, 11) is 0. The van der Waals surface area contributed by atoms with E-state index in [9.17, 15) is 0 Å². The van der Waals surface area contributed by atoms with E-state index in [1.807, 2.05) is 42.6 Å². The van der Waals surface area contributed by atoms with Gasteiger partial charge in [-0.15, -0.1) is 0 Å². The molecular formula is C20H23N5. The lowest BCUT2D eigenvalue weighted by atomic mass is 10.1. The Morgan fingerprint density at radius 2 is 1.88 bits per heavy atom. The molecule has 0 saturated heterocycles. The van der Waals surface area contributed by atoms with E-state index >= 15 is 0 Å². The smallest absolute Gasteiger partial charge is 0.225 e. The molecule has 0 radical (unpaired) electrons. The maximum Gasteiger partial charge on any atom is 0.225 e. The van der Waals surface area contributed by atoms with Crippen molar-refractivity contribution in [2.75, 3.05) is 10.6 Å². The van der Waals surface area contributed by atoms with Crippen LogP contribution < -0.4 is 10.6 Å². The molecule has 5 nitrogen and oxygen atoms in total. The van der Waals surface area contributed by atoms with Gasteiger partial charge in [-0.3, -0.25) is 4.98 Å². The predicted molar refractivity (Wildman–Crippen MR) is 102 cm³/mol. The lowest BCUT2D eigenvalue weighted by molar-refractivity contribution is 0.758. The molecule has 0 fully saturated rings. The molecule has 0 bridgehead atoms. The fourth-order valence-electron chi connectivity index (χ4n) is 2.40. The number of aromatic nitrogens is 3. The second-order valence-electron chi connectivity index (χ2n) is 6.00. The minimum Gasteiger partial charge on any atom is -0.367 e. The van der Waals surface area contributed by atoms with Gasteiger partial charge < -0.3 is 10.6 Å². The lowest BCUT2D eigenvalue weighted by Gasteiger charge is -2.15. The van der Waals surface area contributed by atoms with Crippen molar-refractivity contribution in [3.8, 4) is 11.3 Å². The zero-order valence-corrected chi connectivity index (χ0v) is 14.6. The van der Waals surface area contributed by atoms with Gasteiger partial charge >= 0.3 is 0 Å². The summed E-state index contributed by atoms with van der Waals surface area (Å²) in [4.78, 5) is 13.4. The zero-order valence-electron chi connectivity index (χ0n) is 14.6. The molecule has 2 aromatic heterocycles. The zero-order chi connectivity index (χ0) is 17.5. The van der Waals surface area contributed by atoms with Crippen LogP contribution in [0.5, 0.6) is 0 Å². The van der Waals surface area contributed by atoms with Gasteiger partial charge in [0.05, 0.1) is 5.69 Å². The van der Waals surface area contributed by atoms with Crippen LogP contribution in [0.4, 0.5) is 11.8 Å². The number of hydrogen-bond donors (Lipinski definition) is 2. The van der Waals surface area contributed by atoms with E-state index < -0.39 is 0 Å². The summed E-state index contributed by atoms with van der Waals surface area (Å²) in [6.07, 6.45) is 4.64. The first kappa shape index (κ1) is 16.9. The maximum atomic E-state index is 4.67. The highest BCUT2D eigenvalue weighted by molar-refractivity contribution is 5.64. The number of pyridine rings is 1. The van der Waals surface area contributed by atoms with Crippen LogP contribution in [0.25, 0.3) is 11.3 Å². The van der Waals surface area contributed by atoms with Gasteiger partial charge in [-0.2, -0.15) is 4.98 Å². The van der Waals surface area contributed by atoms with E-state index in [1.165, 1.54) is 0 Å². The highest BCUT2D eigenvalue weighted by atomic mass is 15.1. The molecule has 0 saturated carbocycles. The van der Waals surface area contributed by atoms with E-state index in [0.717, 1.165) is 29.1 Å². The summed E-state index contributed by atoms with van der Waals surface area (Å²) in [5, 5.41) is 6.74. The van der Waals surface area contributed by atoms with Crippen molar-refractivity contribution in [2.45, 2.75) is 32.9 Å². The molecule has 2 N–H and O–H groups in total. The molecule has 3 aromatic rings. The molecule has 5 heteroatoms. The average Bonchev–Trinajstić information content (AvgIpc) is 2.67. The van der Waals surface area contributed by atoms with Crippen molar-refractivity contribution in [3.05, 3.63) is 66.5 Å². The van der Waals surface area contributed by atoms with Crippen LogP contribution in [0.2, 0.25) is 0 Å². The Bertz CT molecular complexity index is 790. The summed E-state index contributed by atoms with van der Waals surface area (Å²) >= 11 is 0. The van der Waals surface area contributed by atoms with E-state index in [0.29, 0.717) is 18.5 Å². The number of hydrogen-bond acceptors (Lipinski definition) is 5. The number of nitrogens with one attached hydrogen (secondary N) is 2. The molecule has 0 spiro atoms. The van der Waals surface area contributed by atoms with Gasteiger partial charge in [0.1, 0.15) is 5.82 Å². The average molecular weight is 333 g/mol. The molecule has 2 heterocycles. The normalized spacial score (nSPS) is 11.8. The van der Waals surface area contributed by atoms with Crippen LogP contribution in [0.3, 0.4) is 0 Å². The molecule has 128 valence electrons. The molecule has 0 amide bonds. The first-order chi connectivity index (χ1) is 12.2. The molecule has 1 atom stereocenters. The number of benzene rings is 1. The Hall–Kier alpha value is -2.95. The summed E-state index contributed by atoms with van der Waals surface area (Å²) in [6, 6.07) is 16.4. The van der Waals surface area contributed by atoms with Crippen molar-refractivity contribution in [1.82, 2.24) is 15.0 Å². The van der Waals surface area contributed by atoms with E-state index in [2.05, 4.69) is 51.6 Å². The topological polar surface area (TPSA) is 62.7 Å². The van der Waals surface area contributed by atoms with Gasteiger partial charge in [0, 0.05) is 36.6 Å². The van der Waals surface area contributed by atoms with Gasteiger partial charge in [0.15, 0.2) is 0 Å². The first-order valence-corrected chi connectivity index (χ1v) is 8.58. The highest BCUT2D eigenvalue weighted by Crippen LogP contribution is 2.22. The molecule has 0 aliphatic rings. The van der Waals surface area contributed by atoms with Crippen LogP contribution in [-0.2, 0) is 6.54 Å². The van der Waals surface area contributed by atoms with E-state index in [4.69, 9.17) is 0 Å². The van der Waals surface area contributed by atoms with Crippen LogP contribution in [0.15, 0.2) is 60.9 Å². The van der Waals surface area contributed by atoms with Gasteiger partial charge in [0.25, 0.3) is 0 Å². The Kier molecular flexibility index (Phi) is 5.57. The molecular weight excluding hydrogens is 310 g/mol. The van der Waals surface area contributed by atoms with Crippen LogP contribution in [0.1, 0.15) is 25.8 Å². The van der Waals surface area contributed by atoms with Crippen molar-refractivity contribution in [1.29, 1.82) is 0 Å². The van der Waals surface area contributed by atoms with Gasteiger partial charge in [-0.1, -0.05) is 43.3 Å². The largest absolute Gasteiger partial charge is 0.367 e. The number of rotatable bonds is 7. The van der Waals surface area contributed by atoms with Gasteiger partial charge in [0.2, 0.25) is 5.95 Å². The predicted octanol–water partition coefficient (Wildman–Crippen LogP) is 4.36. The molecule has 1 unspecified atom stereocenters. The second-order valence-corrected chi connectivity index (χ2v) is 6.00. The Labute approximate surface area is 148 Å². The van der Waals surface area contributed by atoms with Crippen molar-refractivity contribution in [2.24, 2.45) is 0 Å². The second kappa shape index (κ2) is 8.24. The summed E-state index contributed by atoms with van der Waals surface area (Å²) in [5.74, 6) is 1.44. The number of nitrogens with zero attached hydrogens (tertiary/aromatic N) is 3. The minimum absolute atomic E-state index is 0.352. The van der Waals surface area contributed by atoms with E-state index in [-0.39, 0.29) is 0 Å². The molecule has 3 rings (SSSR count). The monoisotopic (exact) mass is 333 g/mol. The molecule has 0 aliphatic carbocycles. The molecule has 1 aromatic carbocycles. The van der Waals surface area contributed by atoms with Crippen molar-refractivity contribution >= 4 is 11.8 Å². The SMILES string of the molecule is CCC(C)Nc1cc(-c2ccccc2)nc(NCc2cccnc2)n1. The van der Waals surface area contributed by atoms with E-state index in [1.54, 1.807) is 6.20 Å². The van der Waals surface area contributed by atoms with Crippen molar-refractivity contribution in [3.63, 3.8) is 0 Å². The van der Waals surface area contributed by atoms with Gasteiger partial charge in [-0.25, -0.2) is 4.98 Å². The van der Waals surface area contributed by atoms with Crippen LogP contribution in [0, 0.1) is 0 Å². The minimum atomic E-state index is 0.352. The highest BCUT2D eigenvalue weighted by Gasteiger charge is 2.08. The molecule has 0 aliphatic heterocycles. The third-order valence-corrected chi connectivity index (χ3v) is 3.98. The maximum absolute atomic E-state index is 4.67. The number of anilines is 2. The fraction of sp³-hybridized carbons (Fsp3) is 0.250. The lowest BCUT2D eigenvalue weighted by Crippen LogP contribution is -2.15. The van der Waals surface area contributed by atoms with Crippen molar-refractivity contribution < 1.29 is 0 Å². The summed E-state index contributed by atoms with van der Waals surface area (Å²) in [5.41, 5.74) is 3.06. The van der Waals surface area contributed by atoms with Crippen LogP contribution in [-0.4, -0.2) is 21.0 Å². The third-order valence-electron chi connectivity index (χ3n) is 3.98. The first-order valence-electron chi connectivity index (χ1n) is 8.58.